The van der Waals surface area contributed by atoms with Gasteiger partial charge >= 0.3 is 0 Å². The number of primary sulfonamides is 1. The largest absolute Gasteiger partial charge is 0.381 e. The summed E-state index contributed by atoms with van der Waals surface area (Å²) in [6.07, 6.45) is 1.87. The molecule has 7 nitrogen and oxygen atoms in total. The Balaban J connectivity index is 1.64. The molecule has 0 spiro atoms. The van der Waals surface area contributed by atoms with E-state index in [1.54, 1.807) is 7.11 Å². The standard InChI is InChI=1S/C20H33Cl2FN2O5S/c1-29-12-5-6-18(17(23)8-12)30-19-10-16(22)15(21)9-14(19)20(26)25-11-3-2-4-13(7-11)31(24,27)28/h11-19H,2-10H2,1H3,(H,25,26)(H2,24,27,28). The maximum Gasteiger partial charge on any atom is 0.226 e. The fraction of sp³-hybridized carbons (Fsp3) is 0.950. The van der Waals surface area contributed by atoms with Crippen LogP contribution in [0.4, 0.5) is 4.39 Å². The zero-order valence-electron chi connectivity index (χ0n) is 17.7. The fourth-order valence-electron chi connectivity index (χ4n) is 5.03. The lowest BCUT2D eigenvalue weighted by atomic mass is 9.83. The van der Waals surface area contributed by atoms with Gasteiger partial charge in [0.05, 0.1) is 40.2 Å². The summed E-state index contributed by atoms with van der Waals surface area (Å²) in [6, 6.07) is -0.279. The summed E-state index contributed by atoms with van der Waals surface area (Å²) in [6.45, 7) is 0. The first kappa shape index (κ1) is 25.4. The van der Waals surface area contributed by atoms with E-state index in [0.29, 0.717) is 51.4 Å². The lowest BCUT2D eigenvalue weighted by Gasteiger charge is -2.40. The summed E-state index contributed by atoms with van der Waals surface area (Å²) in [5.41, 5.74) is 0. The number of sulfonamides is 1. The smallest absolute Gasteiger partial charge is 0.226 e. The van der Waals surface area contributed by atoms with E-state index in [-0.39, 0.29) is 29.9 Å². The van der Waals surface area contributed by atoms with E-state index in [4.69, 9.17) is 37.8 Å². The zero-order valence-corrected chi connectivity index (χ0v) is 20.0. The molecule has 0 bridgehead atoms. The van der Waals surface area contributed by atoms with Crippen molar-refractivity contribution < 1.29 is 27.1 Å². The molecular weight excluding hydrogens is 470 g/mol. The number of nitrogens with two attached hydrogens (primary N) is 1. The summed E-state index contributed by atoms with van der Waals surface area (Å²) in [7, 11) is -2.07. The van der Waals surface area contributed by atoms with Gasteiger partial charge in [0.1, 0.15) is 6.17 Å². The van der Waals surface area contributed by atoms with Crippen molar-refractivity contribution in [1.29, 1.82) is 0 Å². The maximum absolute atomic E-state index is 14.6. The van der Waals surface area contributed by atoms with E-state index in [1.807, 2.05) is 0 Å². The van der Waals surface area contributed by atoms with Gasteiger partial charge in [0.25, 0.3) is 0 Å². The number of ether oxygens (including phenoxy) is 2. The number of halogens is 3. The number of hydrogen-bond acceptors (Lipinski definition) is 5. The van der Waals surface area contributed by atoms with Crippen LogP contribution in [0, 0.1) is 5.92 Å². The van der Waals surface area contributed by atoms with Crippen molar-refractivity contribution in [2.24, 2.45) is 11.1 Å². The second-order valence-electron chi connectivity index (χ2n) is 9.09. The van der Waals surface area contributed by atoms with Gasteiger partial charge in [0.15, 0.2) is 0 Å². The Bertz CT molecular complexity index is 730. The van der Waals surface area contributed by atoms with Crippen LogP contribution in [0.1, 0.15) is 57.8 Å². The third kappa shape index (κ3) is 6.67. The lowest BCUT2D eigenvalue weighted by Crippen LogP contribution is -2.52. The first-order chi connectivity index (χ1) is 14.6. The number of rotatable bonds is 6. The number of carbonyl (C=O) groups excluding carboxylic acids is 1. The summed E-state index contributed by atoms with van der Waals surface area (Å²) in [4.78, 5) is 13.1. The first-order valence-corrected chi connectivity index (χ1v) is 13.5. The molecule has 1 amide bonds. The van der Waals surface area contributed by atoms with Gasteiger partial charge in [-0.1, -0.05) is 6.42 Å². The molecule has 3 fully saturated rings. The van der Waals surface area contributed by atoms with E-state index in [9.17, 15) is 17.6 Å². The highest BCUT2D eigenvalue weighted by Gasteiger charge is 2.43. The van der Waals surface area contributed by atoms with Crippen LogP contribution in [-0.2, 0) is 24.3 Å². The molecule has 0 aromatic carbocycles. The average Bonchev–Trinajstić information content (AvgIpc) is 2.71. The number of amides is 1. The molecule has 3 saturated carbocycles. The number of carbonyl (C=O) groups is 1. The predicted molar refractivity (Wildman–Crippen MR) is 118 cm³/mol. The molecule has 0 saturated heterocycles. The van der Waals surface area contributed by atoms with E-state index >= 15 is 0 Å². The Labute approximate surface area is 193 Å². The minimum atomic E-state index is -3.64. The van der Waals surface area contributed by atoms with E-state index in [1.165, 1.54) is 0 Å². The molecule has 3 N–H and O–H groups in total. The van der Waals surface area contributed by atoms with Crippen molar-refractivity contribution in [3.8, 4) is 0 Å². The Morgan fingerprint density at radius 1 is 1.03 bits per heavy atom. The number of hydrogen-bond donors (Lipinski definition) is 2. The highest BCUT2D eigenvalue weighted by Crippen LogP contribution is 2.37. The first-order valence-electron chi connectivity index (χ1n) is 11.0. The quantitative estimate of drug-likeness (QED) is 0.542. The van der Waals surface area contributed by atoms with Crippen LogP contribution in [0.25, 0.3) is 0 Å². The molecular formula is C20H33Cl2FN2O5S. The lowest BCUT2D eigenvalue weighted by molar-refractivity contribution is -0.145. The minimum Gasteiger partial charge on any atom is -0.381 e. The second kappa shape index (κ2) is 10.8. The van der Waals surface area contributed by atoms with Crippen LogP contribution in [0.2, 0.25) is 0 Å². The topological polar surface area (TPSA) is 108 Å². The van der Waals surface area contributed by atoms with Crippen LogP contribution < -0.4 is 10.5 Å². The van der Waals surface area contributed by atoms with Gasteiger partial charge in [0, 0.05) is 19.6 Å². The molecule has 0 heterocycles. The average molecular weight is 503 g/mol. The molecule has 11 heteroatoms. The highest BCUT2D eigenvalue weighted by molar-refractivity contribution is 7.89. The minimum absolute atomic E-state index is 0.119. The van der Waals surface area contributed by atoms with Crippen LogP contribution in [0.5, 0.6) is 0 Å². The van der Waals surface area contributed by atoms with Crippen molar-refractivity contribution in [2.75, 3.05) is 7.11 Å². The molecule has 9 atom stereocenters. The molecule has 180 valence electrons. The number of alkyl halides is 3. The Morgan fingerprint density at radius 3 is 2.39 bits per heavy atom. The van der Waals surface area contributed by atoms with Crippen molar-refractivity contribution >= 4 is 39.1 Å². The fourth-order valence-corrected chi connectivity index (χ4v) is 6.60. The third-order valence-electron chi connectivity index (χ3n) is 6.90. The molecule has 0 aromatic heterocycles. The Morgan fingerprint density at radius 2 is 1.74 bits per heavy atom. The molecule has 0 radical (unpaired) electrons. The van der Waals surface area contributed by atoms with Crippen molar-refractivity contribution in [2.45, 2.75) is 104 Å². The molecule has 3 aliphatic carbocycles. The summed E-state index contributed by atoms with van der Waals surface area (Å²) >= 11 is 12.7. The van der Waals surface area contributed by atoms with Crippen LogP contribution in [-0.4, -0.2) is 68.0 Å². The summed E-state index contributed by atoms with van der Waals surface area (Å²) in [5.74, 6) is -0.819. The second-order valence-corrected chi connectivity index (χ2v) is 12.1. The molecule has 0 aromatic rings. The van der Waals surface area contributed by atoms with Crippen molar-refractivity contribution in [3.05, 3.63) is 0 Å². The Kier molecular flexibility index (Phi) is 8.88. The van der Waals surface area contributed by atoms with Gasteiger partial charge in [-0.15, -0.1) is 23.2 Å². The van der Waals surface area contributed by atoms with Gasteiger partial charge in [-0.3, -0.25) is 4.79 Å². The van der Waals surface area contributed by atoms with Crippen LogP contribution in [0.3, 0.4) is 0 Å². The molecule has 9 unspecified atom stereocenters. The normalized spacial score (nSPS) is 42.2. The highest BCUT2D eigenvalue weighted by atomic mass is 35.5. The molecule has 3 aliphatic rings. The van der Waals surface area contributed by atoms with E-state index in [0.717, 1.165) is 0 Å². The molecule has 31 heavy (non-hydrogen) atoms. The van der Waals surface area contributed by atoms with Gasteiger partial charge in [0.2, 0.25) is 15.9 Å². The maximum atomic E-state index is 14.6. The SMILES string of the molecule is COC1CCC(OC2CC(Cl)C(Cl)CC2C(=O)NC2CCCC(S(N)(=O)=O)C2)C(F)C1. The number of nitrogens with one attached hydrogen (secondary N) is 1. The van der Waals surface area contributed by atoms with Crippen molar-refractivity contribution in [1.82, 2.24) is 5.32 Å². The van der Waals surface area contributed by atoms with E-state index < -0.39 is 44.9 Å². The van der Waals surface area contributed by atoms with Crippen molar-refractivity contribution in [3.63, 3.8) is 0 Å². The summed E-state index contributed by atoms with van der Waals surface area (Å²) < 4.78 is 49.4. The number of methoxy groups -OCH3 is 1. The molecule has 3 rings (SSSR count). The van der Waals surface area contributed by atoms with Crippen LogP contribution >= 0.6 is 23.2 Å². The summed E-state index contributed by atoms with van der Waals surface area (Å²) in [5, 5.41) is 6.85. The van der Waals surface area contributed by atoms with Crippen LogP contribution in [0.15, 0.2) is 0 Å². The molecule has 0 aliphatic heterocycles. The third-order valence-corrected chi connectivity index (χ3v) is 9.35. The zero-order chi connectivity index (χ0) is 22.8. The predicted octanol–water partition coefficient (Wildman–Crippen LogP) is 2.62. The van der Waals surface area contributed by atoms with E-state index in [2.05, 4.69) is 5.32 Å². The van der Waals surface area contributed by atoms with Gasteiger partial charge in [-0.25, -0.2) is 17.9 Å². The Hall–Kier alpha value is -0.190. The van der Waals surface area contributed by atoms with Gasteiger partial charge < -0.3 is 14.8 Å². The van der Waals surface area contributed by atoms with Gasteiger partial charge in [-0.2, -0.15) is 0 Å². The monoisotopic (exact) mass is 502 g/mol. The van der Waals surface area contributed by atoms with Gasteiger partial charge in [-0.05, 0) is 44.9 Å².